The summed E-state index contributed by atoms with van der Waals surface area (Å²) in [6.45, 7) is 9.02. The maximum Gasteiger partial charge on any atom is 0.148 e. The standard InChI is InChI=1S/C10H17BrN4/c1-4-12-9-8(11)10(14-7-13-9)15(5-2)6-3/h7H,4-6H2,1-3H3,(H,12,13,14). The SMILES string of the molecule is CCNc1ncnc(N(CC)CC)c1Br. The highest BCUT2D eigenvalue weighted by molar-refractivity contribution is 9.10. The summed E-state index contributed by atoms with van der Waals surface area (Å²) in [7, 11) is 0. The minimum atomic E-state index is 0.854. The molecule has 1 aromatic heterocycles. The van der Waals surface area contributed by atoms with E-state index < -0.39 is 0 Å². The minimum absolute atomic E-state index is 0.854. The zero-order chi connectivity index (χ0) is 11.3. The predicted molar refractivity (Wildman–Crippen MR) is 67.5 cm³/mol. The lowest BCUT2D eigenvalue weighted by molar-refractivity contribution is 0.837. The molecule has 0 atom stereocenters. The van der Waals surface area contributed by atoms with Gasteiger partial charge >= 0.3 is 0 Å². The Morgan fingerprint density at radius 3 is 2.47 bits per heavy atom. The third-order valence-electron chi connectivity index (χ3n) is 2.18. The second kappa shape index (κ2) is 5.90. The molecule has 0 bridgehead atoms. The summed E-state index contributed by atoms with van der Waals surface area (Å²) in [5.41, 5.74) is 0. The Morgan fingerprint density at radius 2 is 1.93 bits per heavy atom. The van der Waals surface area contributed by atoms with Gasteiger partial charge in [-0.2, -0.15) is 0 Å². The first-order valence-electron chi connectivity index (χ1n) is 5.23. The van der Waals surface area contributed by atoms with Crippen LogP contribution in [0.4, 0.5) is 11.6 Å². The third-order valence-corrected chi connectivity index (χ3v) is 2.91. The summed E-state index contributed by atoms with van der Waals surface area (Å²) in [6, 6.07) is 0. The fourth-order valence-electron chi connectivity index (χ4n) is 1.39. The zero-order valence-electron chi connectivity index (χ0n) is 9.42. The fraction of sp³-hybridized carbons (Fsp3) is 0.600. The number of hydrogen-bond acceptors (Lipinski definition) is 4. The summed E-state index contributed by atoms with van der Waals surface area (Å²) in [4.78, 5) is 10.7. The Labute approximate surface area is 99.2 Å². The van der Waals surface area contributed by atoms with Crippen molar-refractivity contribution in [2.45, 2.75) is 20.8 Å². The van der Waals surface area contributed by atoms with Crippen LogP contribution in [0.3, 0.4) is 0 Å². The van der Waals surface area contributed by atoms with E-state index in [4.69, 9.17) is 0 Å². The molecule has 0 aliphatic rings. The zero-order valence-corrected chi connectivity index (χ0v) is 11.0. The molecule has 1 rings (SSSR count). The molecule has 0 saturated carbocycles. The van der Waals surface area contributed by atoms with Crippen molar-refractivity contribution in [1.82, 2.24) is 9.97 Å². The van der Waals surface area contributed by atoms with Gasteiger partial charge in [0.05, 0.1) is 0 Å². The minimum Gasteiger partial charge on any atom is -0.369 e. The summed E-state index contributed by atoms with van der Waals surface area (Å²) in [5.74, 6) is 1.81. The average molecular weight is 273 g/mol. The number of anilines is 2. The topological polar surface area (TPSA) is 41.1 Å². The lowest BCUT2D eigenvalue weighted by Crippen LogP contribution is -2.23. The molecule has 0 saturated heterocycles. The molecule has 4 nitrogen and oxygen atoms in total. The molecule has 1 N–H and O–H groups in total. The molecular formula is C10H17BrN4. The normalized spacial score (nSPS) is 10.1. The molecular weight excluding hydrogens is 256 g/mol. The van der Waals surface area contributed by atoms with Crippen molar-refractivity contribution in [2.24, 2.45) is 0 Å². The van der Waals surface area contributed by atoms with Crippen LogP contribution in [0, 0.1) is 0 Å². The number of hydrogen-bond donors (Lipinski definition) is 1. The Hall–Kier alpha value is -0.840. The summed E-state index contributed by atoms with van der Waals surface area (Å²) >= 11 is 3.54. The van der Waals surface area contributed by atoms with E-state index in [1.165, 1.54) is 0 Å². The van der Waals surface area contributed by atoms with Crippen LogP contribution in [0.25, 0.3) is 0 Å². The molecule has 0 spiro atoms. The lowest BCUT2D eigenvalue weighted by Gasteiger charge is -2.21. The van der Waals surface area contributed by atoms with E-state index >= 15 is 0 Å². The predicted octanol–water partition coefficient (Wildman–Crippen LogP) is 2.52. The molecule has 0 unspecified atom stereocenters. The number of halogens is 1. The van der Waals surface area contributed by atoms with Gasteiger partial charge < -0.3 is 10.2 Å². The second-order valence-corrected chi connectivity index (χ2v) is 3.86. The largest absolute Gasteiger partial charge is 0.369 e. The van der Waals surface area contributed by atoms with Gasteiger partial charge in [-0.15, -0.1) is 0 Å². The maximum absolute atomic E-state index is 4.29. The quantitative estimate of drug-likeness (QED) is 0.895. The molecule has 84 valence electrons. The van der Waals surface area contributed by atoms with Crippen molar-refractivity contribution in [1.29, 1.82) is 0 Å². The summed E-state index contributed by atoms with van der Waals surface area (Å²) in [5, 5.41) is 3.19. The van der Waals surface area contributed by atoms with Crippen LogP contribution >= 0.6 is 15.9 Å². The Kier molecular flexibility index (Phi) is 4.81. The van der Waals surface area contributed by atoms with Gasteiger partial charge in [0.25, 0.3) is 0 Å². The number of nitrogens with zero attached hydrogens (tertiary/aromatic N) is 3. The molecule has 0 radical (unpaired) electrons. The molecule has 0 aliphatic heterocycles. The van der Waals surface area contributed by atoms with Gasteiger partial charge in [0.1, 0.15) is 22.4 Å². The fourth-order valence-corrected chi connectivity index (χ4v) is 1.99. The van der Waals surface area contributed by atoms with Crippen LogP contribution in [0.2, 0.25) is 0 Å². The highest BCUT2D eigenvalue weighted by atomic mass is 79.9. The highest BCUT2D eigenvalue weighted by Crippen LogP contribution is 2.28. The van der Waals surface area contributed by atoms with Crippen LogP contribution in [0.1, 0.15) is 20.8 Å². The van der Waals surface area contributed by atoms with E-state index in [9.17, 15) is 0 Å². The Balaban J connectivity index is 3.02. The molecule has 1 aromatic rings. The first-order valence-corrected chi connectivity index (χ1v) is 6.03. The number of aromatic nitrogens is 2. The molecule has 1 heterocycles. The van der Waals surface area contributed by atoms with Crippen molar-refractivity contribution in [3.8, 4) is 0 Å². The van der Waals surface area contributed by atoms with Crippen molar-refractivity contribution in [3.05, 3.63) is 10.8 Å². The van der Waals surface area contributed by atoms with Crippen LogP contribution in [-0.2, 0) is 0 Å². The van der Waals surface area contributed by atoms with Gasteiger partial charge in [-0.1, -0.05) is 0 Å². The third kappa shape index (κ3) is 2.81. The Morgan fingerprint density at radius 1 is 1.27 bits per heavy atom. The molecule has 0 fully saturated rings. The molecule has 5 heteroatoms. The van der Waals surface area contributed by atoms with E-state index in [0.717, 1.165) is 35.7 Å². The molecule has 0 aliphatic carbocycles. The monoisotopic (exact) mass is 272 g/mol. The van der Waals surface area contributed by atoms with E-state index in [2.05, 4.69) is 50.0 Å². The summed E-state index contributed by atoms with van der Waals surface area (Å²) in [6.07, 6.45) is 1.59. The maximum atomic E-state index is 4.29. The molecule has 15 heavy (non-hydrogen) atoms. The Bertz CT molecular complexity index is 312. The van der Waals surface area contributed by atoms with Gasteiger partial charge in [0, 0.05) is 19.6 Å². The smallest absolute Gasteiger partial charge is 0.148 e. The van der Waals surface area contributed by atoms with Crippen molar-refractivity contribution < 1.29 is 0 Å². The molecule has 0 aromatic carbocycles. The second-order valence-electron chi connectivity index (χ2n) is 3.06. The van der Waals surface area contributed by atoms with Crippen LogP contribution < -0.4 is 10.2 Å². The first kappa shape index (κ1) is 12.2. The van der Waals surface area contributed by atoms with E-state index in [1.807, 2.05) is 6.92 Å². The van der Waals surface area contributed by atoms with E-state index in [0.29, 0.717) is 0 Å². The van der Waals surface area contributed by atoms with Crippen molar-refractivity contribution in [2.75, 3.05) is 29.9 Å². The van der Waals surface area contributed by atoms with Gasteiger partial charge in [-0.3, -0.25) is 0 Å². The van der Waals surface area contributed by atoms with Gasteiger partial charge in [0.2, 0.25) is 0 Å². The number of rotatable bonds is 5. The van der Waals surface area contributed by atoms with Crippen LogP contribution in [0.15, 0.2) is 10.8 Å². The first-order chi connectivity index (χ1) is 7.24. The van der Waals surface area contributed by atoms with Gasteiger partial charge in [0.15, 0.2) is 0 Å². The number of nitrogens with one attached hydrogen (secondary N) is 1. The summed E-state index contributed by atoms with van der Waals surface area (Å²) < 4.78 is 0.940. The van der Waals surface area contributed by atoms with Crippen LogP contribution in [0.5, 0.6) is 0 Å². The van der Waals surface area contributed by atoms with Crippen LogP contribution in [-0.4, -0.2) is 29.6 Å². The molecule has 0 amide bonds. The highest BCUT2D eigenvalue weighted by Gasteiger charge is 2.12. The van der Waals surface area contributed by atoms with E-state index in [1.54, 1.807) is 6.33 Å². The van der Waals surface area contributed by atoms with E-state index in [-0.39, 0.29) is 0 Å². The van der Waals surface area contributed by atoms with Crippen molar-refractivity contribution >= 4 is 27.6 Å². The van der Waals surface area contributed by atoms with Gasteiger partial charge in [-0.05, 0) is 36.7 Å². The van der Waals surface area contributed by atoms with Crippen molar-refractivity contribution in [3.63, 3.8) is 0 Å². The lowest BCUT2D eigenvalue weighted by atomic mass is 10.4. The van der Waals surface area contributed by atoms with Gasteiger partial charge in [-0.25, -0.2) is 9.97 Å². The average Bonchev–Trinajstić information content (AvgIpc) is 2.25.